The van der Waals surface area contributed by atoms with Gasteiger partial charge in [-0.1, -0.05) is 17.4 Å². The molecule has 2 aromatic rings. The van der Waals surface area contributed by atoms with Gasteiger partial charge >= 0.3 is 35.5 Å². The average Bonchev–Trinajstić information content (AvgIpc) is 2.42. The van der Waals surface area contributed by atoms with E-state index in [2.05, 4.69) is 14.7 Å². The van der Waals surface area contributed by atoms with E-state index in [-0.39, 0.29) is 58.1 Å². The summed E-state index contributed by atoms with van der Waals surface area (Å²) in [5, 5.41) is 11.4. The molecule has 9 heteroatoms. The molecule has 0 saturated carbocycles. The van der Waals surface area contributed by atoms with Crippen LogP contribution in [-0.4, -0.2) is 29.2 Å². The Morgan fingerprint density at radius 1 is 1.41 bits per heavy atom. The van der Waals surface area contributed by atoms with Gasteiger partial charge < -0.3 is 14.6 Å². The number of carbonyl (C=O) groups excluding carboxylic acids is 1. The van der Waals surface area contributed by atoms with Crippen LogP contribution >= 0.6 is 11.6 Å². The second kappa shape index (κ2) is 7.41. The van der Waals surface area contributed by atoms with Crippen LogP contribution in [0.5, 0.6) is 11.6 Å². The summed E-state index contributed by atoms with van der Waals surface area (Å²) in [6.45, 7) is 3.43. The molecule has 0 aliphatic carbocycles. The van der Waals surface area contributed by atoms with Gasteiger partial charge in [0.15, 0.2) is 11.0 Å². The molecule has 0 spiro atoms. The fourth-order valence-corrected chi connectivity index (χ4v) is 1.86. The molecular formula is C13H11ClFN2NaO4. The third-order valence-corrected chi connectivity index (χ3v) is 2.78. The standard InChI is InChI=1S/C13H12ClFN2O4.Na/c1-5(2)21-12-8-7(18)4-6(13(19)20-3)16-10(8)9(15)11(14)17-12;/h4-5H,1-3H3,(H,16,18);/q;+1/p-1. The van der Waals surface area contributed by atoms with Crippen LogP contribution in [-0.2, 0) is 4.74 Å². The molecule has 22 heavy (non-hydrogen) atoms. The number of halogens is 2. The molecule has 0 atom stereocenters. The Hall–Kier alpha value is -1.15. The van der Waals surface area contributed by atoms with E-state index in [1.54, 1.807) is 13.8 Å². The number of fused-ring (bicyclic) bond motifs is 1. The molecule has 0 aliphatic rings. The van der Waals surface area contributed by atoms with Gasteiger partial charge in [-0.2, -0.15) is 4.98 Å². The zero-order valence-electron chi connectivity index (χ0n) is 12.4. The van der Waals surface area contributed by atoms with Gasteiger partial charge in [-0.3, -0.25) is 0 Å². The molecule has 0 saturated heterocycles. The normalized spacial score (nSPS) is 10.5. The summed E-state index contributed by atoms with van der Waals surface area (Å²) in [7, 11) is 1.13. The van der Waals surface area contributed by atoms with Gasteiger partial charge in [-0.05, 0) is 19.9 Å². The van der Waals surface area contributed by atoms with Crippen LogP contribution in [0.1, 0.15) is 24.3 Å². The second-order valence-corrected chi connectivity index (χ2v) is 4.77. The Morgan fingerprint density at radius 2 is 2.05 bits per heavy atom. The number of hydrogen-bond acceptors (Lipinski definition) is 6. The number of aromatic nitrogens is 2. The Balaban J connectivity index is 0.00000242. The zero-order chi connectivity index (χ0) is 15.7. The molecule has 6 nitrogen and oxygen atoms in total. The van der Waals surface area contributed by atoms with Crippen molar-refractivity contribution in [2.45, 2.75) is 20.0 Å². The maximum absolute atomic E-state index is 14.0. The fourth-order valence-electron chi connectivity index (χ4n) is 1.70. The summed E-state index contributed by atoms with van der Waals surface area (Å²) in [5.74, 6) is -2.63. The van der Waals surface area contributed by atoms with Crippen molar-refractivity contribution >= 4 is 28.5 Å². The fraction of sp³-hybridized carbons (Fsp3) is 0.308. The average molecular weight is 337 g/mol. The first-order valence-corrected chi connectivity index (χ1v) is 6.34. The molecular weight excluding hydrogens is 326 g/mol. The molecule has 0 unspecified atom stereocenters. The molecule has 2 rings (SSSR count). The van der Waals surface area contributed by atoms with E-state index in [1.165, 1.54) is 0 Å². The van der Waals surface area contributed by atoms with Gasteiger partial charge in [-0.15, -0.1) is 0 Å². The quantitative estimate of drug-likeness (QED) is 0.409. The largest absolute Gasteiger partial charge is 1.00 e. The minimum absolute atomic E-state index is 0. The third kappa shape index (κ3) is 3.60. The number of rotatable bonds is 3. The van der Waals surface area contributed by atoms with E-state index in [0.717, 1.165) is 13.2 Å². The zero-order valence-corrected chi connectivity index (χ0v) is 15.2. The molecule has 0 N–H and O–H groups in total. The SMILES string of the molecule is COC(=O)c1cc([O-])c2c(OC(C)C)nc(Cl)c(F)c2n1.[Na+]. The molecule has 0 bridgehead atoms. The Morgan fingerprint density at radius 3 is 2.59 bits per heavy atom. The molecule has 0 aromatic carbocycles. The van der Waals surface area contributed by atoms with E-state index in [1.807, 2.05) is 0 Å². The summed E-state index contributed by atoms with van der Waals surface area (Å²) in [4.78, 5) is 18.9. The van der Waals surface area contributed by atoms with Gasteiger partial charge in [-0.25, -0.2) is 14.2 Å². The monoisotopic (exact) mass is 336 g/mol. The van der Waals surface area contributed by atoms with Gasteiger partial charge in [0.2, 0.25) is 5.88 Å². The van der Waals surface area contributed by atoms with Crippen molar-refractivity contribution in [3.8, 4) is 11.6 Å². The van der Waals surface area contributed by atoms with Crippen molar-refractivity contribution in [3.05, 3.63) is 22.7 Å². The van der Waals surface area contributed by atoms with Crippen LogP contribution in [0.15, 0.2) is 6.07 Å². The summed E-state index contributed by atoms with van der Waals surface area (Å²) >= 11 is 5.67. The van der Waals surface area contributed by atoms with Gasteiger partial charge in [0.25, 0.3) is 0 Å². The number of carbonyl (C=O) groups is 1. The van der Waals surface area contributed by atoms with Crippen molar-refractivity contribution in [2.24, 2.45) is 0 Å². The number of ether oxygens (including phenoxy) is 2. The molecule has 0 fully saturated rings. The molecule has 0 radical (unpaired) electrons. The van der Waals surface area contributed by atoms with Gasteiger partial charge in [0.1, 0.15) is 11.2 Å². The number of esters is 1. The maximum Gasteiger partial charge on any atom is 1.00 e. The van der Waals surface area contributed by atoms with Crippen molar-refractivity contribution in [1.29, 1.82) is 0 Å². The summed E-state index contributed by atoms with van der Waals surface area (Å²) in [6, 6.07) is 0.941. The van der Waals surface area contributed by atoms with E-state index in [4.69, 9.17) is 16.3 Å². The van der Waals surface area contributed by atoms with Crippen molar-refractivity contribution in [1.82, 2.24) is 9.97 Å². The van der Waals surface area contributed by atoms with Crippen molar-refractivity contribution in [2.75, 3.05) is 7.11 Å². The summed E-state index contributed by atoms with van der Waals surface area (Å²) in [5.41, 5.74) is -0.690. The number of nitrogens with zero attached hydrogens (tertiary/aromatic N) is 2. The Kier molecular flexibility index (Phi) is 6.37. The third-order valence-electron chi connectivity index (χ3n) is 2.53. The van der Waals surface area contributed by atoms with E-state index in [0.29, 0.717) is 0 Å². The predicted octanol–water partition coefficient (Wildman–Crippen LogP) is -0.926. The predicted molar refractivity (Wildman–Crippen MR) is 71.1 cm³/mol. The van der Waals surface area contributed by atoms with Crippen molar-refractivity contribution < 1.29 is 53.3 Å². The summed E-state index contributed by atoms with van der Waals surface area (Å²) in [6.07, 6.45) is -0.304. The minimum atomic E-state index is -0.995. The molecule has 0 aliphatic heterocycles. The minimum Gasteiger partial charge on any atom is -0.872 e. The first-order valence-electron chi connectivity index (χ1n) is 5.96. The second-order valence-electron chi connectivity index (χ2n) is 4.41. The number of pyridine rings is 2. The van der Waals surface area contributed by atoms with Crippen LogP contribution < -0.4 is 39.4 Å². The Bertz CT molecular complexity index is 727. The van der Waals surface area contributed by atoms with Crippen LogP contribution in [0.3, 0.4) is 0 Å². The van der Waals surface area contributed by atoms with E-state index in [9.17, 15) is 14.3 Å². The maximum atomic E-state index is 14.0. The van der Waals surface area contributed by atoms with Gasteiger partial charge in [0.05, 0.1) is 18.6 Å². The Labute approximate surface area is 152 Å². The van der Waals surface area contributed by atoms with E-state index >= 15 is 0 Å². The first-order chi connectivity index (χ1) is 9.85. The van der Waals surface area contributed by atoms with Crippen LogP contribution in [0.4, 0.5) is 4.39 Å². The van der Waals surface area contributed by atoms with Crippen LogP contribution in [0, 0.1) is 5.82 Å². The topological polar surface area (TPSA) is 84.4 Å². The van der Waals surface area contributed by atoms with Crippen LogP contribution in [0.25, 0.3) is 10.9 Å². The van der Waals surface area contributed by atoms with Gasteiger partial charge in [0, 0.05) is 0 Å². The number of methoxy groups -OCH3 is 1. The molecule has 2 aromatic heterocycles. The molecule has 2 heterocycles. The first kappa shape index (κ1) is 18.9. The molecule has 112 valence electrons. The smallest absolute Gasteiger partial charge is 0.872 e. The summed E-state index contributed by atoms with van der Waals surface area (Å²) < 4.78 is 23.9. The molecule has 0 amide bonds. The van der Waals surface area contributed by atoms with E-state index < -0.39 is 22.7 Å². The van der Waals surface area contributed by atoms with Crippen molar-refractivity contribution in [3.63, 3.8) is 0 Å². The number of hydrogen-bond donors (Lipinski definition) is 0. The van der Waals surface area contributed by atoms with Crippen LogP contribution in [0.2, 0.25) is 5.15 Å².